The maximum Gasteiger partial charge on any atom is 0.329 e. The molecule has 2 unspecified atom stereocenters. The molecule has 26 heteroatoms. The van der Waals surface area contributed by atoms with Gasteiger partial charge >= 0.3 is 23.9 Å². The molecular weight excluding hydrogens is 1410 g/mol. The van der Waals surface area contributed by atoms with Crippen molar-refractivity contribution in [3.63, 3.8) is 0 Å². The van der Waals surface area contributed by atoms with E-state index in [2.05, 4.69) is 6.92 Å². The molecule has 4 aliphatic heterocycles. The van der Waals surface area contributed by atoms with E-state index in [1.807, 2.05) is 103 Å². The summed E-state index contributed by atoms with van der Waals surface area (Å²) < 4.78 is 15.1. The number of piperidine rings is 4. The number of hydrogen-bond donors (Lipinski definition) is 6. The summed E-state index contributed by atoms with van der Waals surface area (Å²) in [6.07, 6.45) is 41.7. The minimum Gasteiger partial charge on any atom is -0.481 e. The lowest BCUT2D eigenvalue weighted by Crippen LogP contribution is -2.42. The Hall–Kier alpha value is -7.75. The largest absolute Gasteiger partial charge is 0.481 e. The number of allylic oxidation sites excluding steroid dienone is 2. The lowest BCUT2D eigenvalue weighted by Gasteiger charge is -2.33. The van der Waals surface area contributed by atoms with E-state index >= 15 is 0 Å². The van der Waals surface area contributed by atoms with Crippen molar-refractivity contribution in [3.05, 3.63) is 168 Å². The van der Waals surface area contributed by atoms with Gasteiger partial charge in [0.1, 0.15) is 13.2 Å². The van der Waals surface area contributed by atoms with Crippen LogP contribution in [0.4, 0.5) is 0 Å². The molecule has 4 saturated heterocycles. The molecule has 0 aromatic heterocycles. The van der Waals surface area contributed by atoms with Crippen molar-refractivity contribution in [2.24, 2.45) is 0 Å². The summed E-state index contributed by atoms with van der Waals surface area (Å²) in [5, 5.41) is 55.0. The van der Waals surface area contributed by atoms with E-state index in [1.165, 1.54) is 23.5 Å². The second kappa shape index (κ2) is 56.6. The zero-order valence-corrected chi connectivity index (χ0v) is 63.1. The van der Waals surface area contributed by atoms with E-state index in [9.17, 15) is 58.2 Å². The summed E-state index contributed by atoms with van der Waals surface area (Å²) in [4.78, 5) is 122. The van der Waals surface area contributed by atoms with E-state index in [1.54, 1.807) is 75.4 Å². The first-order chi connectivity index (χ1) is 50.6. The van der Waals surface area contributed by atoms with Crippen LogP contribution in [0.2, 0.25) is 5.02 Å². The number of aliphatic hydroxyl groups excluding tert-OH is 2. The number of aliphatic carboxylic acids is 4. The SMILES string of the molecule is CCCCCC(=O)C=C[C@H]1CCCC(=O)N1CC=CCSCC(=O)O.CCCOCC(O)C=C[C@H]1CCCC(=O)N1CC=CCOCC(=O)O.O=C(O)COCC=CCN1C(=O)CCC[C@@H]1C=CC(=O)Cc1ccccc1.O=C(O)CSCC=CCN1C(=O)CCC[C@@H]1C=CC(O)Cc1ccc(Cl)cc1. The third-order valence-corrected chi connectivity index (χ3v) is 18.5. The highest BCUT2D eigenvalue weighted by molar-refractivity contribution is 8.00. The number of unbranched alkanes of at least 4 members (excludes halogenated alkanes) is 2. The highest BCUT2D eigenvalue weighted by Crippen LogP contribution is 2.24. The quantitative estimate of drug-likeness (QED) is 0.0204. The Labute approximate surface area is 632 Å². The molecule has 6 atom stereocenters. The molecule has 4 fully saturated rings. The van der Waals surface area contributed by atoms with Crippen molar-refractivity contribution >= 4 is 94.2 Å². The van der Waals surface area contributed by atoms with Crippen LogP contribution in [0.5, 0.6) is 0 Å². The third-order valence-electron chi connectivity index (χ3n) is 16.4. The summed E-state index contributed by atoms with van der Waals surface area (Å²) in [6, 6.07) is 16.7. The fourth-order valence-electron chi connectivity index (χ4n) is 11.2. The van der Waals surface area contributed by atoms with Gasteiger partial charge in [0.15, 0.2) is 11.6 Å². The molecule has 578 valence electrons. The number of halogens is 1. The average Bonchev–Trinajstić information content (AvgIpc) is 0.877. The normalized spacial score (nSPS) is 18.7. The number of rotatable bonds is 44. The van der Waals surface area contributed by atoms with Gasteiger partial charge in [0, 0.05) is 94.3 Å². The molecule has 0 radical (unpaired) electrons. The van der Waals surface area contributed by atoms with Gasteiger partial charge in [-0.2, -0.15) is 0 Å². The number of ether oxygens (including phenoxy) is 3. The van der Waals surface area contributed by atoms with Crippen molar-refractivity contribution in [3.8, 4) is 0 Å². The molecule has 0 aliphatic carbocycles. The second-order valence-corrected chi connectivity index (χ2v) is 27.6. The minimum atomic E-state index is -1.01. The van der Waals surface area contributed by atoms with Crippen LogP contribution in [0.15, 0.2) is 152 Å². The first kappa shape index (κ1) is 91.5. The molecule has 23 nitrogen and oxygen atoms in total. The van der Waals surface area contributed by atoms with E-state index in [0.29, 0.717) is 94.3 Å². The first-order valence-electron chi connectivity index (χ1n) is 36.1. The monoisotopic (exact) mass is 1520 g/mol. The fraction of sp³-hybridized carbons (Fsp3) is 0.519. The van der Waals surface area contributed by atoms with Crippen LogP contribution < -0.4 is 0 Å². The summed E-state index contributed by atoms with van der Waals surface area (Å²) in [7, 11) is 0. The van der Waals surface area contributed by atoms with Crippen LogP contribution in [-0.2, 0) is 75.0 Å². The lowest BCUT2D eigenvalue weighted by molar-refractivity contribution is -0.142. The Morgan fingerprint density at radius 3 is 1.33 bits per heavy atom. The van der Waals surface area contributed by atoms with Gasteiger partial charge in [0.05, 0.1) is 67.7 Å². The van der Waals surface area contributed by atoms with E-state index in [0.717, 1.165) is 88.2 Å². The number of thioether (sulfide) groups is 2. The molecular formula is C79H109ClN4O19S2. The first-order valence-corrected chi connectivity index (χ1v) is 38.8. The number of carbonyl (C=O) groups excluding carboxylic acids is 6. The Morgan fingerprint density at radius 2 is 0.914 bits per heavy atom. The van der Waals surface area contributed by atoms with Crippen LogP contribution in [0, 0.1) is 0 Å². The van der Waals surface area contributed by atoms with Crippen LogP contribution in [-0.4, -0.2) is 235 Å². The van der Waals surface area contributed by atoms with Gasteiger partial charge in [-0.1, -0.05) is 166 Å². The van der Waals surface area contributed by atoms with Crippen molar-refractivity contribution in [1.82, 2.24) is 19.6 Å². The van der Waals surface area contributed by atoms with Crippen molar-refractivity contribution < 1.29 is 92.8 Å². The number of hydrogen-bond acceptors (Lipinski definition) is 17. The molecule has 105 heavy (non-hydrogen) atoms. The number of carboxylic acid groups (broad SMARTS) is 4. The second-order valence-electron chi connectivity index (χ2n) is 25.1. The molecule has 4 heterocycles. The fourth-order valence-corrected chi connectivity index (χ4v) is 12.4. The summed E-state index contributed by atoms with van der Waals surface area (Å²) >= 11 is 8.52. The summed E-state index contributed by atoms with van der Waals surface area (Å²) in [5.74, 6) is -1.79. The number of benzene rings is 2. The molecule has 0 saturated carbocycles. The number of carbonyl (C=O) groups is 10. The average molecular weight is 1520 g/mol. The van der Waals surface area contributed by atoms with Gasteiger partial charge < -0.3 is 64.4 Å². The predicted molar refractivity (Wildman–Crippen MR) is 410 cm³/mol. The maximum atomic E-state index is 12.3. The number of aliphatic hydroxyl groups is 2. The van der Waals surface area contributed by atoms with Gasteiger partial charge in [-0.05, 0) is 99.6 Å². The Kier molecular flexibility index (Phi) is 49.3. The van der Waals surface area contributed by atoms with Gasteiger partial charge in [-0.25, -0.2) is 9.59 Å². The molecule has 6 rings (SSSR count). The zero-order chi connectivity index (χ0) is 76.8. The van der Waals surface area contributed by atoms with Crippen LogP contribution in [0.3, 0.4) is 0 Å². The lowest BCUT2D eigenvalue weighted by atomic mass is 9.99. The standard InChI is InChI=1S/C21H26ClNO4S.C21H25NO5.C19H29NO4S.C18H29NO6/c22-17-8-6-16(7-9-17)14-19(24)11-10-18-4-3-5-20(25)23(18)12-1-2-13-28-15-21(26)27;23-19(15-17-7-2-1-3-8-17)12-11-18-9-6-10-20(24)22(18)13-4-5-14-27-16-21(25)26;1-2-3-4-9-17(21)12-11-16-8-7-10-18(22)20(16)13-5-6-14-25-15-19(23)24;1-2-11-24-13-16(20)9-8-15-6-5-7-17(21)19(15)10-3-4-12-25-14-18(22)23/h1-2,6-11,18-19,24H,3-5,12-15H2,(H,26,27);1-5,7-8,11-12,18H,6,9-10,13-16H2,(H,25,26);5-6,11-12,16H,2-4,7-10,13-15H2,1H3,(H,23,24);3-4,8-9,15-16,20H,2,5-7,10-14H2,1H3,(H,22,23)/t18-,19?;18-;16-;15-,16?/m1111/s1. The van der Waals surface area contributed by atoms with Gasteiger partial charge in [-0.15, -0.1) is 23.5 Å². The Bertz CT molecular complexity index is 3190. The smallest absolute Gasteiger partial charge is 0.329 e. The molecule has 6 N–H and O–H groups in total. The number of carboxylic acids is 4. The Balaban J connectivity index is 0.000000364. The van der Waals surface area contributed by atoms with Gasteiger partial charge in [0.25, 0.3) is 0 Å². The molecule has 0 spiro atoms. The van der Waals surface area contributed by atoms with Crippen LogP contribution in [0.1, 0.15) is 134 Å². The number of likely N-dealkylation sites (tertiary alicyclic amines) is 4. The Morgan fingerprint density at radius 1 is 0.495 bits per heavy atom. The molecule has 2 aromatic rings. The summed E-state index contributed by atoms with van der Waals surface area (Å²) in [6.45, 7) is 6.54. The van der Waals surface area contributed by atoms with E-state index in [-0.39, 0.29) is 104 Å². The van der Waals surface area contributed by atoms with E-state index < -0.39 is 36.1 Å². The predicted octanol–water partition coefficient (Wildman–Crippen LogP) is 10.8. The number of amides is 4. The zero-order valence-electron chi connectivity index (χ0n) is 60.7. The number of nitrogens with zero attached hydrogens (tertiary/aromatic N) is 4. The molecule has 0 bridgehead atoms. The third kappa shape index (κ3) is 43.5. The minimum absolute atomic E-state index is 0.0109. The number of ketones is 2. The molecule has 2 aromatic carbocycles. The molecule has 4 amide bonds. The van der Waals surface area contributed by atoms with Crippen molar-refractivity contribution in [2.45, 2.75) is 172 Å². The van der Waals surface area contributed by atoms with Crippen LogP contribution in [0.25, 0.3) is 0 Å². The topological polar surface area (TPSA) is 333 Å². The highest BCUT2D eigenvalue weighted by Gasteiger charge is 2.29. The van der Waals surface area contributed by atoms with Crippen molar-refractivity contribution in [1.29, 1.82) is 0 Å². The molecule has 4 aliphatic rings. The van der Waals surface area contributed by atoms with E-state index in [4.69, 9.17) is 46.2 Å². The van der Waals surface area contributed by atoms with Gasteiger partial charge in [0.2, 0.25) is 23.6 Å². The summed E-state index contributed by atoms with van der Waals surface area (Å²) in [5.41, 5.74) is 1.97. The maximum absolute atomic E-state index is 12.3. The van der Waals surface area contributed by atoms with Crippen molar-refractivity contribution in [2.75, 3.05) is 88.8 Å². The van der Waals surface area contributed by atoms with Gasteiger partial charge in [-0.3, -0.25) is 38.4 Å². The highest BCUT2D eigenvalue weighted by atomic mass is 35.5. The van der Waals surface area contributed by atoms with Crippen LogP contribution >= 0.6 is 35.1 Å².